The predicted molar refractivity (Wildman–Crippen MR) is 64.3 cm³/mol. The van der Waals surface area contributed by atoms with Gasteiger partial charge in [-0.15, -0.1) is 0 Å². The number of nitrogens with zero attached hydrogens (tertiary/aromatic N) is 2. The van der Waals surface area contributed by atoms with E-state index in [1.165, 1.54) is 0 Å². The normalized spacial score (nSPS) is 11.2. The van der Waals surface area contributed by atoms with E-state index in [1.807, 2.05) is 0 Å². The Morgan fingerprint density at radius 1 is 1.25 bits per heavy atom. The monoisotopic (exact) mass is 289 g/mol. The zero-order valence-corrected chi connectivity index (χ0v) is 9.85. The van der Waals surface area contributed by atoms with Gasteiger partial charge in [-0.3, -0.25) is 25.0 Å². The van der Waals surface area contributed by atoms with Crippen LogP contribution in [0.4, 0.5) is 11.4 Å². The average Bonchev–Trinajstić information content (AvgIpc) is 2.30. The third-order valence-corrected chi connectivity index (χ3v) is 2.30. The van der Waals surface area contributed by atoms with E-state index in [0.29, 0.717) is 0 Å². The molecule has 0 fully saturated rings. The second-order valence-corrected chi connectivity index (χ2v) is 3.65. The number of nitro groups is 2. The molecule has 0 aromatic heterocycles. The van der Waals surface area contributed by atoms with E-state index >= 15 is 0 Å². The molecular formula is C9H11N3O8. The van der Waals surface area contributed by atoms with E-state index in [2.05, 4.69) is 0 Å². The molecule has 1 aromatic rings. The summed E-state index contributed by atoms with van der Waals surface area (Å²) in [6.45, 7) is 0. The smallest absolute Gasteiger partial charge is 0.320 e. The SMILES string of the molecule is NC(Cc1cc([N+](=O)[O-])c(O)c([N+](=O)[O-])c1)C(=O)O.O. The van der Waals surface area contributed by atoms with E-state index in [9.17, 15) is 30.1 Å². The number of rotatable bonds is 5. The first-order valence-electron chi connectivity index (χ1n) is 4.87. The predicted octanol–water partition coefficient (Wildman–Crippen LogP) is -0.662. The highest BCUT2D eigenvalue weighted by atomic mass is 16.6. The molecule has 0 saturated heterocycles. The molecule has 0 spiro atoms. The maximum atomic E-state index is 10.6. The number of nitrogens with two attached hydrogens (primary N) is 1. The summed E-state index contributed by atoms with van der Waals surface area (Å²) < 4.78 is 0. The molecular weight excluding hydrogens is 278 g/mol. The zero-order chi connectivity index (χ0) is 14.7. The van der Waals surface area contributed by atoms with Crippen molar-refractivity contribution < 1.29 is 30.3 Å². The zero-order valence-electron chi connectivity index (χ0n) is 9.85. The molecule has 0 bridgehead atoms. The molecule has 0 radical (unpaired) electrons. The van der Waals surface area contributed by atoms with Gasteiger partial charge in [-0.25, -0.2) is 0 Å². The van der Waals surface area contributed by atoms with Crippen LogP contribution in [0.25, 0.3) is 0 Å². The maximum Gasteiger partial charge on any atom is 0.320 e. The Hall–Kier alpha value is -2.79. The second-order valence-electron chi connectivity index (χ2n) is 3.65. The van der Waals surface area contributed by atoms with Crippen LogP contribution in [0, 0.1) is 20.2 Å². The van der Waals surface area contributed by atoms with Crippen LogP contribution in [-0.4, -0.2) is 37.5 Å². The van der Waals surface area contributed by atoms with Crippen LogP contribution in [0.2, 0.25) is 0 Å². The van der Waals surface area contributed by atoms with Crippen molar-refractivity contribution in [2.75, 3.05) is 0 Å². The largest absolute Gasteiger partial charge is 0.497 e. The minimum absolute atomic E-state index is 0. The first-order valence-corrected chi connectivity index (χ1v) is 4.87. The van der Waals surface area contributed by atoms with Gasteiger partial charge in [-0.1, -0.05) is 0 Å². The molecule has 1 unspecified atom stereocenters. The fraction of sp³-hybridized carbons (Fsp3) is 0.222. The van der Waals surface area contributed by atoms with Crippen molar-refractivity contribution in [3.63, 3.8) is 0 Å². The lowest BCUT2D eigenvalue weighted by molar-refractivity contribution is -0.396. The summed E-state index contributed by atoms with van der Waals surface area (Å²) in [4.78, 5) is 29.9. The van der Waals surface area contributed by atoms with Crippen molar-refractivity contribution in [1.82, 2.24) is 0 Å². The van der Waals surface area contributed by atoms with E-state index in [4.69, 9.17) is 10.8 Å². The number of hydrogen-bond donors (Lipinski definition) is 3. The second kappa shape index (κ2) is 6.40. The quantitative estimate of drug-likeness (QED) is 0.467. The van der Waals surface area contributed by atoms with E-state index < -0.39 is 39.0 Å². The number of hydrogen-bond acceptors (Lipinski definition) is 7. The number of aliphatic carboxylic acids is 1. The molecule has 1 rings (SSSR count). The summed E-state index contributed by atoms with van der Waals surface area (Å²) in [5, 5.41) is 39.3. The Balaban J connectivity index is 0.00000361. The highest BCUT2D eigenvalue weighted by molar-refractivity contribution is 5.74. The van der Waals surface area contributed by atoms with Crippen molar-refractivity contribution in [3.05, 3.63) is 37.9 Å². The van der Waals surface area contributed by atoms with Crippen molar-refractivity contribution >= 4 is 17.3 Å². The van der Waals surface area contributed by atoms with Crippen LogP contribution >= 0.6 is 0 Å². The van der Waals surface area contributed by atoms with Crippen molar-refractivity contribution in [3.8, 4) is 5.75 Å². The number of aromatic hydroxyl groups is 1. The lowest BCUT2D eigenvalue weighted by Crippen LogP contribution is -2.32. The highest BCUT2D eigenvalue weighted by Gasteiger charge is 2.27. The molecule has 110 valence electrons. The Morgan fingerprint density at radius 3 is 1.95 bits per heavy atom. The lowest BCUT2D eigenvalue weighted by Gasteiger charge is -2.07. The number of phenolic OH excluding ortho intramolecular Hbond substituents is 1. The van der Waals surface area contributed by atoms with Crippen LogP contribution < -0.4 is 5.73 Å². The first kappa shape index (κ1) is 17.2. The Kier molecular flexibility index (Phi) is 5.51. The maximum absolute atomic E-state index is 10.6. The third-order valence-electron chi connectivity index (χ3n) is 2.30. The lowest BCUT2D eigenvalue weighted by atomic mass is 10.0. The van der Waals surface area contributed by atoms with Crippen LogP contribution in [-0.2, 0) is 11.2 Å². The fourth-order valence-corrected chi connectivity index (χ4v) is 1.40. The van der Waals surface area contributed by atoms with Gasteiger partial charge in [0.05, 0.1) is 9.85 Å². The van der Waals surface area contributed by atoms with Gasteiger partial charge in [0, 0.05) is 12.1 Å². The van der Waals surface area contributed by atoms with Gasteiger partial charge in [0.2, 0.25) is 0 Å². The number of carboxylic acid groups (broad SMARTS) is 1. The van der Waals surface area contributed by atoms with Crippen LogP contribution in [0.5, 0.6) is 5.75 Å². The summed E-state index contributed by atoms with van der Waals surface area (Å²) in [6.07, 6.45) is -0.336. The summed E-state index contributed by atoms with van der Waals surface area (Å²) in [6, 6.07) is 0.347. The average molecular weight is 289 g/mol. The molecule has 0 amide bonds. The Labute approximate surface area is 110 Å². The molecule has 1 atom stereocenters. The van der Waals surface area contributed by atoms with Crippen LogP contribution in [0.15, 0.2) is 12.1 Å². The number of carboxylic acids is 1. The van der Waals surface area contributed by atoms with Gasteiger partial charge in [-0.2, -0.15) is 0 Å². The van der Waals surface area contributed by atoms with Crippen molar-refractivity contribution in [2.24, 2.45) is 5.73 Å². The molecule has 0 aliphatic heterocycles. The van der Waals surface area contributed by atoms with Crippen LogP contribution in [0.3, 0.4) is 0 Å². The number of nitro benzene ring substituents is 2. The first-order chi connectivity index (χ1) is 8.73. The minimum atomic E-state index is -1.36. The van der Waals surface area contributed by atoms with Gasteiger partial charge in [0.15, 0.2) is 0 Å². The van der Waals surface area contributed by atoms with E-state index in [0.717, 1.165) is 12.1 Å². The van der Waals surface area contributed by atoms with Gasteiger partial charge < -0.3 is 21.4 Å². The molecule has 11 nitrogen and oxygen atoms in total. The Morgan fingerprint density at radius 2 is 1.65 bits per heavy atom. The summed E-state index contributed by atoms with van der Waals surface area (Å²) in [7, 11) is 0. The summed E-state index contributed by atoms with van der Waals surface area (Å²) in [5.74, 6) is -2.43. The number of phenols is 1. The van der Waals surface area contributed by atoms with Gasteiger partial charge in [0.1, 0.15) is 6.04 Å². The van der Waals surface area contributed by atoms with Crippen molar-refractivity contribution in [1.29, 1.82) is 0 Å². The van der Waals surface area contributed by atoms with Crippen LogP contribution in [0.1, 0.15) is 5.56 Å². The molecule has 0 aliphatic rings. The van der Waals surface area contributed by atoms with Gasteiger partial charge in [0.25, 0.3) is 5.75 Å². The van der Waals surface area contributed by atoms with Crippen molar-refractivity contribution in [2.45, 2.75) is 12.5 Å². The van der Waals surface area contributed by atoms with Gasteiger partial charge >= 0.3 is 17.3 Å². The molecule has 0 saturated carbocycles. The molecule has 1 aromatic carbocycles. The standard InChI is InChI=1S/C9H9N3O7.H2O/c10-5(9(14)15)1-4-2-6(11(16)17)8(13)7(3-4)12(18)19;/h2-3,5,13H,1,10H2,(H,14,15);1H2. The van der Waals surface area contributed by atoms with E-state index in [1.54, 1.807) is 0 Å². The number of carbonyl (C=O) groups is 1. The third kappa shape index (κ3) is 3.60. The van der Waals surface area contributed by atoms with Gasteiger partial charge in [-0.05, 0) is 12.0 Å². The Bertz CT molecular complexity index is 523. The molecule has 11 heteroatoms. The summed E-state index contributed by atoms with van der Waals surface area (Å²) >= 11 is 0. The number of benzene rings is 1. The fourth-order valence-electron chi connectivity index (χ4n) is 1.40. The summed E-state index contributed by atoms with van der Waals surface area (Å²) in [5.41, 5.74) is 3.47. The molecule has 0 aliphatic carbocycles. The minimum Gasteiger partial charge on any atom is -0.497 e. The highest BCUT2D eigenvalue weighted by Crippen LogP contribution is 2.36. The van der Waals surface area contributed by atoms with E-state index in [-0.39, 0.29) is 17.5 Å². The molecule has 0 heterocycles. The molecule has 20 heavy (non-hydrogen) atoms. The molecule has 6 N–H and O–H groups in total. The topological polar surface area (TPSA) is 201 Å².